The molecule has 1 aromatic carbocycles. The van der Waals surface area contributed by atoms with Gasteiger partial charge in [-0.3, -0.25) is 0 Å². The molecular formula is C10H10F3NO. The first-order valence-corrected chi connectivity index (χ1v) is 4.22. The highest BCUT2D eigenvalue weighted by molar-refractivity contribution is 5.58. The molecule has 1 rings (SSSR count). The molecule has 0 aromatic heterocycles. The van der Waals surface area contributed by atoms with Crippen LogP contribution in [0, 0.1) is 0 Å². The van der Waals surface area contributed by atoms with Gasteiger partial charge in [-0.2, -0.15) is 13.2 Å². The quantitative estimate of drug-likeness (QED) is 0.798. The summed E-state index contributed by atoms with van der Waals surface area (Å²) in [5.41, 5.74) is 4.47. The number of benzene rings is 1. The number of halogens is 3. The second-order valence-electron chi connectivity index (χ2n) is 2.91. The highest BCUT2D eigenvalue weighted by Gasteiger charge is 2.30. The normalized spacial score (nSPS) is 12.3. The number of phenolic OH excluding ortho intramolecular Hbond substituents is 1. The van der Waals surface area contributed by atoms with Gasteiger partial charge in [-0.1, -0.05) is 12.2 Å². The maximum Gasteiger partial charge on any atom is 0.416 e. The lowest BCUT2D eigenvalue weighted by Gasteiger charge is -2.08. The highest BCUT2D eigenvalue weighted by Crippen LogP contribution is 2.32. The van der Waals surface area contributed by atoms with Crippen LogP contribution in [0.5, 0.6) is 5.75 Å². The minimum Gasteiger partial charge on any atom is -0.507 e. The fourth-order valence-electron chi connectivity index (χ4n) is 1.06. The third kappa shape index (κ3) is 2.99. The fraction of sp³-hybridized carbons (Fsp3) is 0.200. The molecule has 1 aromatic rings. The molecule has 0 aliphatic rings. The Hall–Kier alpha value is -1.49. The van der Waals surface area contributed by atoms with Gasteiger partial charge >= 0.3 is 6.18 Å². The molecule has 0 spiro atoms. The zero-order valence-corrected chi connectivity index (χ0v) is 7.75. The molecule has 0 aliphatic heterocycles. The zero-order valence-electron chi connectivity index (χ0n) is 7.75. The van der Waals surface area contributed by atoms with Gasteiger partial charge in [0.15, 0.2) is 0 Å². The molecule has 0 atom stereocenters. The molecule has 15 heavy (non-hydrogen) atoms. The summed E-state index contributed by atoms with van der Waals surface area (Å²) in [6, 6.07) is 2.72. The summed E-state index contributed by atoms with van der Waals surface area (Å²) in [6.07, 6.45) is -1.58. The van der Waals surface area contributed by atoms with E-state index in [4.69, 9.17) is 5.73 Å². The number of nitrogens with two attached hydrogens (primary N) is 1. The van der Waals surface area contributed by atoms with Crippen LogP contribution in [0.15, 0.2) is 24.3 Å². The molecule has 5 heteroatoms. The Morgan fingerprint density at radius 1 is 1.33 bits per heavy atom. The summed E-state index contributed by atoms with van der Waals surface area (Å²) < 4.78 is 36.9. The molecule has 0 saturated heterocycles. The van der Waals surface area contributed by atoms with Crippen molar-refractivity contribution in [2.45, 2.75) is 6.18 Å². The monoisotopic (exact) mass is 217 g/mol. The first-order valence-electron chi connectivity index (χ1n) is 4.22. The Balaban J connectivity index is 3.11. The van der Waals surface area contributed by atoms with Crippen molar-refractivity contribution in [3.05, 3.63) is 35.4 Å². The van der Waals surface area contributed by atoms with Gasteiger partial charge in [-0.25, -0.2) is 0 Å². The molecule has 0 aliphatic carbocycles. The van der Waals surface area contributed by atoms with Crippen molar-refractivity contribution >= 4 is 6.08 Å². The van der Waals surface area contributed by atoms with Crippen LogP contribution >= 0.6 is 0 Å². The topological polar surface area (TPSA) is 46.2 Å². The molecule has 0 bridgehead atoms. The van der Waals surface area contributed by atoms with Gasteiger partial charge < -0.3 is 10.8 Å². The standard InChI is InChI=1S/C10H10F3NO/c11-10(12,13)8-3-4-9(15)7(6-8)2-1-5-14/h1-4,6,15H,5,14H2/b2-1+. The lowest BCUT2D eigenvalue weighted by Crippen LogP contribution is -2.04. The average Bonchev–Trinajstić information content (AvgIpc) is 2.15. The van der Waals surface area contributed by atoms with E-state index in [-0.39, 0.29) is 17.9 Å². The lowest BCUT2D eigenvalue weighted by molar-refractivity contribution is -0.137. The highest BCUT2D eigenvalue weighted by atomic mass is 19.4. The minimum atomic E-state index is -4.40. The van der Waals surface area contributed by atoms with E-state index in [1.54, 1.807) is 0 Å². The van der Waals surface area contributed by atoms with Crippen LogP contribution < -0.4 is 5.73 Å². The van der Waals surface area contributed by atoms with Gasteiger partial charge in [0.05, 0.1) is 5.56 Å². The summed E-state index contributed by atoms with van der Waals surface area (Å²) in [5.74, 6) is -0.201. The Bertz CT molecular complexity index is 371. The summed E-state index contributed by atoms with van der Waals surface area (Å²) in [5, 5.41) is 9.27. The molecule has 82 valence electrons. The Kier molecular flexibility index (Phi) is 3.36. The fourth-order valence-corrected chi connectivity index (χ4v) is 1.06. The molecular weight excluding hydrogens is 207 g/mol. The first-order chi connectivity index (χ1) is 6.95. The molecule has 0 unspecified atom stereocenters. The average molecular weight is 217 g/mol. The van der Waals surface area contributed by atoms with Crippen molar-refractivity contribution in [2.24, 2.45) is 5.73 Å². The summed E-state index contributed by atoms with van der Waals surface area (Å²) in [7, 11) is 0. The molecule has 0 heterocycles. The van der Waals surface area contributed by atoms with Crippen LogP contribution in [-0.2, 0) is 6.18 Å². The predicted octanol–water partition coefficient (Wildman–Crippen LogP) is 2.38. The molecule has 0 amide bonds. The van der Waals surface area contributed by atoms with Crippen LogP contribution in [0.2, 0.25) is 0 Å². The predicted molar refractivity (Wildman–Crippen MR) is 51.2 cm³/mol. The van der Waals surface area contributed by atoms with Crippen LogP contribution in [0.4, 0.5) is 13.2 Å². The van der Waals surface area contributed by atoms with E-state index < -0.39 is 11.7 Å². The number of rotatable bonds is 2. The minimum absolute atomic E-state index is 0.107. The third-order valence-corrected chi connectivity index (χ3v) is 1.79. The van der Waals surface area contributed by atoms with Gasteiger partial charge in [-0.15, -0.1) is 0 Å². The van der Waals surface area contributed by atoms with E-state index in [0.29, 0.717) is 0 Å². The van der Waals surface area contributed by atoms with Crippen molar-refractivity contribution in [3.63, 3.8) is 0 Å². The smallest absolute Gasteiger partial charge is 0.416 e. The maximum atomic E-state index is 12.3. The van der Waals surface area contributed by atoms with E-state index >= 15 is 0 Å². The Morgan fingerprint density at radius 2 is 2.00 bits per heavy atom. The third-order valence-electron chi connectivity index (χ3n) is 1.79. The van der Waals surface area contributed by atoms with Crippen molar-refractivity contribution in [2.75, 3.05) is 6.54 Å². The van der Waals surface area contributed by atoms with Crippen LogP contribution in [-0.4, -0.2) is 11.7 Å². The van der Waals surface area contributed by atoms with Gasteiger partial charge in [0.2, 0.25) is 0 Å². The van der Waals surface area contributed by atoms with Gasteiger partial charge in [0.1, 0.15) is 5.75 Å². The number of aromatic hydroxyl groups is 1. The van der Waals surface area contributed by atoms with Crippen LogP contribution in [0.1, 0.15) is 11.1 Å². The molecule has 0 fully saturated rings. The van der Waals surface area contributed by atoms with E-state index in [9.17, 15) is 18.3 Å². The first kappa shape index (κ1) is 11.6. The second-order valence-corrected chi connectivity index (χ2v) is 2.91. The van der Waals surface area contributed by atoms with Crippen LogP contribution in [0.25, 0.3) is 6.08 Å². The summed E-state index contributed by atoms with van der Waals surface area (Å²) in [6.45, 7) is 0.204. The molecule has 0 radical (unpaired) electrons. The van der Waals surface area contributed by atoms with Gasteiger partial charge in [0, 0.05) is 12.1 Å². The van der Waals surface area contributed by atoms with Crippen molar-refractivity contribution < 1.29 is 18.3 Å². The Labute approximate surface area is 84.8 Å². The van der Waals surface area contributed by atoms with E-state index in [0.717, 1.165) is 18.2 Å². The zero-order chi connectivity index (χ0) is 11.5. The summed E-state index contributed by atoms with van der Waals surface area (Å²) in [4.78, 5) is 0. The Morgan fingerprint density at radius 3 is 2.53 bits per heavy atom. The van der Waals surface area contributed by atoms with Crippen molar-refractivity contribution in [1.82, 2.24) is 0 Å². The molecule has 2 nitrogen and oxygen atoms in total. The SMILES string of the molecule is NC/C=C/c1cc(C(F)(F)F)ccc1O. The van der Waals surface area contributed by atoms with Gasteiger partial charge in [0.25, 0.3) is 0 Å². The van der Waals surface area contributed by atoms with Gasteiger partial charge in [-0.05, 0) is 18.2 Å². The molecule has 0 saturated carbocycles. The van der Waals surface area contributed by atoms with Crippen molar-refractivity contribution in [1.29, 1.82) is 0 Å². The van der Waals surface area contributed by atoms with E-state index in [1.165, 1.54) is 12.2 Å². The van der Waals surface area contributed by atoms with Crippen molar-refractivity contribution in [3.8, 4) is 5.75 Å². The maximum absolute atomic E-state index is 12.3. The van der Waals surface area contributed by atoms with E-state index in [1.807, 2.05) is 0 Å². The second kappa shape index (κ2) is 4.35. The van der Waals surface area contributed by atoms with Crippen LogP contribution in [0.3, 0.4) is 0 Å². The lowest BCUT2D eigenvalue weighted by atomic mass is 10.1. The largest absolute Gasteiger partial charge is 0.507 e. The number of phenols is 1. The number of hydrogen-bond acceptors (Lipinski definition) is 2. The number of hydrogen-bond donors (Lipinski definition) is 2. The molecule has 3 N–H and O–H groups in total. The number of alkyl halides is 3. The van der Waals surface area contributed by atoms with E-state index in [2.05, 4.69) is 0 Å². The summed E-state index contributed by atoms with van der Waals surface area (Å²) >= 11 is 0.